The molecule has 3 nitrogen and oxygen atoms in total. The van der Waals surface area contributed by atoms with Crippen LogP contribution in [0.5, 0.6) is 11.5 Å². The third-order valence-electron chi connectivity index (χ3n) is 3.14. The summed E-state index contributed by atoms with van der Waals surface area (Å²) in [6.07, 6.45) is 2.96. The van der Waals surface area contributed by atoms with Crippen molar-refractivity contribution in [1.82, 2.24) is 0 Å². The molecule has 0 saturated carbocycles. The molecule has 0 atom stereocenters. The van der Waals surface area contributed by atoms with Gasteiger partial charge in [-0.25, -0.2) is 0 Å². The number of aryl methyl sites for hydroxylation is 2. The second-order valence-corrected chi connectivity index (χ2v) is 5.29. The van der Waals surface area contributed by atoms with Gasteiger partial charge in [-0.2, -0.15) is 0 Å². The Kier molecular flexibility index (Phi) is 4.34. The molecule has 2 rings (SSSR count). The Morgan fingerprint density at radius 1 is 1.14 bits per heavy atom. The highest BCUT2D eigenvalue weighted by molar-refractivity contribution is 6.32. The van der Waals surface area contributed by atoms with E-state index in [2.05, 4.69) is 0 Å². The fourth-order valence-electron chi connectivity index (χ4n) is 2.05. The van der Waals surface area contributed by atoms with E-state index in [1.165, 1.54) is 18.2 Å². The van der Waals surface area contributed by atoms with Crippen molar-refractivity contribution in [3.05, 3.63) is 63.7 Å². The summed E-state index contributed by atoms with van der Waals surface area (Å²) < 4.78 is 0. The van der Waals surface area contributed by atoms with E-state index >= 15 is 0 Å². The van der Waals surface area contributed by atoms with Gasteiger partial charge in [-0.05, 0) is 43.2 Å². The molecule has 0 spiro atoms. The first-order chi connectivity index (χ1) is 9.88. The summed E-state index contributed by atoms with van der Waals surface area (Å²) in [5, 5.41) is 18.9. The summed E-state index contributed by atoms with van der Waals surface area (Å²) in [6, 6.07) is 8.44. The van der Waals surface area contributed by atoms with Crippen molar-refractivity contribution in [2.75, 3.05) is 0 Å². The number of phenols is 2. The van der Waals surface area contributed by atoms with Gasteiger partial charge < -0.3 is 10.2 Å². The van der Waals surface area contributed by atoms with Gasteiger partial charge in [0.15, 0.2) is 17.3 Å². The minimum Gasteiger partial charge on any atom is -0.504 e. The lowest BCUT2D eigenvalue weighted by atomic mass is 10.0. The predicted octanol–water partition coefficient (Wildman–Crippen LogP) is 4.26. The highest BCUT2D eigenvalue weighted by Gasteiger charge is 2.08. The van der Waals surface area contributed by atoms with Crippen LogP contribution in [0.25, 0.3) is 6.08 Å². The van der Waals surface area contributed by atoms with Crippen molar-refractivity contribution < 1.29 is 15.0 Å². The molecular formula is C17H15ClO3. The summed E-state index contributed by atoms with van der Waals surface area (Å²) in [5.41, 5.74) is 3.18. The fourth-order valence-corrected chi connectivity index (χ4v) is 2.28. The SMILES string of the molecule is Cc1ccc(C(=O)/C=C/c2cc(O)c(O)c(Cl)c2)c(C)c1. The maximum Gasteiger partial charge on any atom is 0.186 e. The quantitative estimate of drug-likeness (QED) is 0.506. The molecule has 0 aromatic heterocycles. The normalized spacial score (nSPS) is 11.0. The smallest absolute Gasteiger partial charge is 0.186 e. The topological polar surface area (TPSA) is 57.5 Å². The number of carbonyl (C=O) groups is 1. The number of carbonyl (C=O) groups excluding carboxylic acids is 1. The molecule has 2 aromatic rings. The van der Waals surface area contributed by atoms with Gasteiger partial charge in [0, 0.05) is 5.56 Å². The maximum atomic E-state index is 12.2. The summed E-state index contributed by atoms with van der Waals surface area (Å²) in [5.74, 6) is -0.813. The van der Waals surface area contributed by atoms with Gasteiger partial charge in [0.05, 0.1) is 5.02 Å². The van der Waals surface area contributed by atoms with Gasteiger partial charge in [0.1, 0.15) is 0 Å². The summed E-state index contributed by atoms with van der Waals surface area (Å²) >= 11 is 5.77. The molecule has 21 heavy (non-hydrogen) atoms. The average molecular weight is 303 g/mol. The zero-order chi connectivity index (χ0) is 15.6. The molecule has 0 aliphatic rings. The second kappa shape index (κ2) is 6.02. The van der Waals surface area contributed by atoms with Crippen molar-refractivity contribution >= 4 is 23.5 Å². The van der Waals surface area contributed by atoms with Crippen LogP contribution in [-0.2, 0) is 0 Å². The van der Waals surface area contributed by atoms with Crippen LogP contribution in [0, 0.1) is 13.8 Å². The number of phenolic OH excluding ortho intramolecular Hbond substituents is 2. The van der Waals surface area contributed by atoms with Crippen LogP contribution >= 0.6 is 11.6 Å². The zero-order valence-electron chi connectivity index (χ0n) is 11.7. The van der Waals surface area contributed by atoms with Crippen LogP contribution in [0.2, 0.25) is 5.02 Å². The molecule has 0 heterocycles. The minimum atomic E-state index is -0.366. The fraction of sp³-hybridized carbons (Fsp3) is 0.118. The molecule has 0 fully saturated rings. The largest absolute Gasteiger partial charge is 0.504 e. The monoisotopic (exact) mass is 302 g/mol. The number of aromatic hydroxyl groups is 2. The maximum absolute atomic E-state index is 12.2. The molecule has 2 N–H and O–H groups in total. The lowest BCUT2D eigenvalue weighted by molar-refractivity contribution is 0.104. The highest BCUT2D eigenvalue weighted by atomic mass is 35.5. The van der Waals surface area contributed by atoms with Crippen LogP contribution < -0.4 is 0 Å². The van der Waals surface area contributed by atoms with Crippen molar-refractivity contribution in [2.45, 2.75) is 13.8 Å². The number of ketones is 1. The van der Waals surface area contributed by atoms with Crippen LogP contribution in [-0.4, -0.2) is 16.0 Å². The lowest BCUT2D eigenvalue weighted by Gasteiger charge is -2.04. The van der Waals surface area contributed by atoms with E-state index in [-0.39, 0.29) is 22.3 Å². The molecule has 2 aromatic carbocycles. The van der Waals surface area contributed by atoms with E-state index in [1.807, 2.05) is 26.0 Å². The van der Waals surface area contributed by atoms with E-state index in [1.54, 1.807) is 12.1 Å². The molecule has 0 aliphatic carbocycles. The first-order valence-corrected chi connectivity index (χ1v) is 6.77. The third kappa shape index (κ3) is 3.44. The van der Waals surface area contributed by atoms with Gasteiger partial charge in [-0.1, -0.05) is 41.4 Å². The van der Waals surface area contributed by atoms with Gasteiger partial charge in [-0.15, -0.1) is 0 Å². The molecule has 0 bridgehead atoms. The third-order valence-corrected chi connectivity index (χ3v) is 3.43. The standard InChI is InChI=1S/C17H15ClO3/c1-10-3-5-13(11(2)7-10)15(19)6-4-12-8-14(18)17(21)16(20)9-12/h3-9,20-21H,1-2H3/b6-4+. The second-order valence-electron chi connectivity index (χ2n) is 4.89. The van der Waals surface area contributed by atoms with Crippen LogP contribution in [0.1, 0.15) is 27.0 Å². The average Bonchev–Trinajstić information content (AvgIpc) is 2.42. The van der Waals surface area contributed by atoms with Gasteiger partial charge in [0.2, 0.25) is 0 Å². The van der Waals surface area contributed by atoms with Gasteiger partial charge >= 0.3 is 0 Å². The Morgan fingerprint density at radius 3 is 2.48 bits per heavy atom. The Morgan fingerprint density at radius 2 is 1.86 bits per heavy atom. The van der Waals surface area contributed by atoms with Crippen molar-refractivity contribution in [3.8, 4) is 11.5 Å². The summed E-state index contributed by atoms with van der Waals surface area (Å²) in [6.45, 7) is 3.86. The predicted molar refractivity (Wildman–Crippen MR) is 84.1 cm³/mol. The molecule has 108 valence electrons. The molecule has 0 unspecified atom stereocenters. The number of hydrogen-bond donors (Lipinski definition) is 2. The van der Waals surface area contributed by atoms with E-state index in [0.717, 1.165) is 11.1 Å². The molecule has 0 aliphatic heterocycles. The van der Waals surface area contributed by atoms with Crippen LogP contribution in [0.3, 0.4) is 0 Å². The van der Waals surface area contributed by atoms with Gasteiger partial charge in [-0.3, -0.25) is 4.79 Å². The molecule has 0 saturated heterocycles. The van der Waals surface area contributed by atoms with Crippen molar-refractivity contribution in [2.24, 2.45) is 0 Å². The summed E-state index contributed by atoms with van der Waals surface area (Å²) in [4.78, 5) is 12.2. The molecular weight excluding hydrogens is 288 g/mol. The number of allylic oxidation sites excluding steroid dienone is 1. The Balaban J connectivity index is 2.27. The van der Waals surface area contributed by atoms with Crippen LogP contribution in [0.15, 0.2) is 36.4 Å². The molecule has 0 amide bonds. The first kappa shape index (κ1) is 15.1. The first-order valence-electron chi connectivity index (χ1n) is 6.39. The molecule has 0 radical (unpaired) electrons. The van der Waals surface area contributed by atoms with Crippen LogP contribution in [0.4, 0.5) is 0 Å². The van der Waals surface area contributed by atoms with E-state index in [0.29, 0.717) is 11.1 Å². The molecule has 4 heteroatoms. The zero-order valence-corrected chi connectivity index (χ0v) is 12.5. The minimum absolute atomic E-state index is 0.0358. The number of benzene rings is 2. The van der Waals surface area contributed by atoms with Crippen molar-refractivity contribution in [1.29, 1.82) is 0 Å². The van der Waals surface area contributed by atoms with E-state index in [4.69, 9.17) is 11.6 Å². The van der Waals surface area contributed by atoms with E-state index < -0.39 is 0 Å². The number of halogens is 1. The number of rotatable bonds is 3. The van der Waals surface area contributed by atoms with Gasteiger partial charge in [0.25, 0.3) is 0 Å². The van der Waals surface area contributed by atoms with Crippen molar-refractivity contribution in [3.63, 3.8) is 0 Å². The summed E-state index contributed by atoms with van der Waals surface area (Å²) in [7, 11) is 0. The Labute approximate surface area is 128 Å². The highest BCUT2D eigenvalue weighted by Crippen LogP contribution is 2.34. The number of hydrogen-bond acceptors (Lipinski definition) is 3. The van der Waals surface area contributed by atoms with E-state index in [9.17, 15) is 15.0 Å². The lowest BCUT2D eigenvalue weighted by Crippen LogP contribution is -1.98. The Hall–Kier alpha value is -2.26. The Bertz CT molecular complexity index is 710.